The molecule has 0 bridgehead atoms. The molecule has 0 spiro atoms. The molecule has 0 saturated heterocycles. The monoisotopic (exact) mass is 377 g/mol. The number of nitrogens with two attached hydrogens (primary N) is 1. The van der Waals surface area contributed by atoms with Crippen LogP contribution in [0, 0.1) is 5.92 Å². The Labute approximate surface area is 163 Å². The van der Waals surface area contributed by atoms with Gasteiger partial charge in [0.2, 0.25) is 0 Å². The van der Waals surface area contributed by atoms with Crippen molar-refractivity contribution in [3.05, 3.63) is 53.5 Å². The van der Waals surface area contributed by atoms with Crippen LogP contribution in [0.3, 0.4) is 0 Å². The molecule has 0 radical (unpaired) electrons. The number of benzene rings is 1. The zero-order valence-corrected chi connectivity index (χ0v) is 16.0. The summed E-state index contributed by atoms with van der Waals surface area (Å²) >= 11 is 0. The Morgan fingerprint density at radius 1 is 1.18 bits per heavy atom. The van der Waals surface area contributed by atoms with E-state index < -0.39 is 11.7 Å². The molecule has 3 aromatic rings. The van der Waals surface area contributed by atoms with Crippen molar-refractivity contribution in [3.63, 3.8) is 0 Å². The van der Waals surface area contributed by atoms with Gasteiger partial charge in [-0.2, -0.15) is 0 Å². The molecule has 0 saturated carbocycles. The molecule has 1 unspecified atom stereocenters. The summed E-state index contributed by atoms with van der Waals surface area (Å²) in [6.07, 6.45) is 3.16. The number of ketones is 1. The van der Waals surface area contributed by atoms with Crippen molar-refractivity contribution < 1.29 is 9.59 Å². The second kappa shape index (κ2) is 7.16. The van der Waals surface area contributed by atoms with Crippen molar-refractivity contribution in [1.29, 1.82) is 0 Å². The van der Waals surface area contributed by atoms with E-state index in [4.69, 9.17) is 10.7 Å². The van der Waals surface area contributed by atoms with Crippen LogP contribution in [0.25, 0.3) is 11.0 Å². The van der Waals surface area contributed by atoms with Gasteiger partial charge in [0.15, 0.2) is 0 Å². The second-order valence-electron chi connectivity index (χ2n) is 7.54. The van der Waals surface area contributed by atoms with Crippen LogP contribution in [-0.4, -0.2) is 26.6 Å². The molecule has 0 aliphatic carbocycles. The van der Waals surface area contributed by atoms with Crippen LogP contribution >= 0.6 is 0 Å². The highest BCUT2D eigenvalue weighted by atomic mass is 16.2. The zero-order valence-electron chi connectivity index (χ0n) is 16.0. The number of imidazole rings is 1. The van der Waals surface area contributed by atoms with Crippen molar-refractivity contribution in [2.24, 2.45) is 11.7 Å². The topological polar surface area (TPSA) is 105 Å². The normalized spacial score (nSPS) is 14.9. The third-order valence-electron chi connectivity index (χ3n) is 5.12. The number of Topliss-reactive ketones (excluding diaryl/α,β-unsaturated/α-hetero) is 1. The molecule has 0 fully saturated rings. The first-order chi connectivity index (χ1) is 13.5. The number of nitrogens with zero attached hydrogens (tertiary/aromatic N) is 3. The summed E-state index contributed by atoms with van der Waals surface area (Å²) in [4.78, 5) is 39.2. The summed E-state index contributed by atoms with van der Waals surface area (Å²) in [5.74, 6) is 0.455. The number of aromatic nitrogens is 3. The van der Waals surface area contributed by atoms with Crippen molar-refractivity contribution in [2.45, 2.75) is 39.3 Å². The molecular formula is C21H23N5O2. The number of nitrogens with one attached hydrogen (secondary N) is 1. The van der Waals surface area contributed by atoms with Crippen LogP contribution in [0.5, 0.6) is 0 Å². The van der Waals surface area contributed by atoms with Crippen LogP contribution in [0.1, 0.15) is 54.5 Å². The lowest BCUT2D eigenvalue weighted by Gasteiger charge is -2.26. The van der Waals surface area contributed by atoms with Gasteiger partial charge in [0, 0.05) is 12.7 Å². The Kier molecular flexibility index (Phi) is 4.68. The minimum Gasteiger partial charge on any atom is -0.340 e. The van der Waals surface area contributed by atoms with E-state index in [0.717, 1.165) is 23.0 Å². The molecule has 7 nitrogen and oxygen atoms in total. The first-order valence-electron chi connectivity index (χ1n) is 9.51. The largest absolute Gasteiger partial charge is 0.340 e. The highest BCUT2D eigenvalue weighted by molar-refractivity contribution is 6.52. The summed E-state index contributed by atoms with van der Waals surface area (Å²) in [6, 6.07) is 8.76. The number of aromatic amines is 1. The number of H-pyrrole nitrogens is 1. The van der Waals surface area contributed by atoms with E-state index in [1.54, 1.807) is 18.3 Å². The summed E-state index contributed by atoms with van der Waals surface area (Å²) < 4.78 is 0. The van der Waals surface area contributed by atoms with E-state index in [1.165, 1.54) is 4.90 Å². The summed E-state index contributed by atoms with van der Waals surface area (Å²) in [5, 5.41) is 0. The maximum Gasteiger partial charge on any atom is 0.301 e. The number of fused-ring (bicyclic) bond motifs is 2. The standard InChI is InChI=1S/C21H23N5O2/c1-12(2)5-8-17(19-24-15-7-6-13(11-22)10-16(15)25-19)26-20-14(4-3-9-23-20)18(27)21(26)28/h3-4,6-7,9-10,12,17H,5,8,11,22H2,1-2H3,(H,24,25). The van der Waals surface area contributed by atoms with Gasteiger partial charge >= 0.3 is 5.91 Å². The van der Waals surface area contributed by atoms with Crippen LogP contribution < -0.4 is 10.6 Å². The third-order valence-corrected chi connectivity index (χ3v) is 5.12. The minimum atomic E-state index is -0.550. The predicted octanol–water partition coefficient (Wildman–Crippen LogP) is 3.12. The van der Waals surface area contributed by atoms with Gasteiger partial charge in [-0.05, 0) is 48.6 Å². The quantitative estimate of drug-likeness (QED) is 0.642. The Morgan fingerprint density at radius 2 is 2.00 bits per heavy atom. The summed E-state index contributed by atoms with van der Waals surface area (Å²) in [7, 11) is 0. The lowest BCUT2D eigenvalue weighted by Crippen LogP contribution is -2.35. The predicted molar refractivity (Wildman–Crippen MR) is 107 cm³/mol. The maximum absolute atomic E-state index is 12.8. The SMILES string of the molecule is CC(C)CCC(c1nc2ccc(CN)cc2[nH]1)N1C(=O)C(=O)c2cccnc21. The Bertz CT molecular complexity index is 1060. The lowest BCUT2D eigenvalue weighted by atomic mass is 10.0. The molecular weight excluding hydrogens is 354 g/mol. The van der Waals surface area contributed by atoms with Gasteiger partial charge < -0.3 is 10.7 Å². The molecule has 4 rings (SSSR count). The fourth-order valence-corrected chi connectivity index (χ4v) is 3.62. The van der Waals surface area contributed by atoms with Gasteiger partial charge in [-0.25, -0.2) is 9.97 Å². The Balaban J connectivity index is 1.80. The summed E-state index contributed by atoms with van der Waals surface area (Å²) in [5.41, 5.74) is 8.77. The third kappa shape index (κ3) is 3.07. The van der Waals surface area contributed by atoms with Crippen LogP contribution in [0.15, 0.2) is 36.5 Å². The van der Waals surface area contributed by atoms with E-state index in [2.05, 4.69) is 23.8 Å². The number of hydrogen-bond donors (Lipinski definition) is 2. The number of rotatable bonds is 6. The highest BCUT2D eigenvalue weighted by Gasteiger charge is 2.42. The molecule has 1 aromatic carbocycles. The van der Waals surface area contributed by atoms with Crippen LogP contribution in [0.4, 0.5) is 5.82 Å². The summed E-state index contributed by atoms with van der Waals surface area (Å²) in [6.45, 7) is 4.70. The van der Waals surface area contributed by atoms with Crippen molar-refractivity contribution in [3.8, 4) is 0 Å². The Morgan fingerprint density at radius 3 is 2.75 bits per heavy atom. The van der Waals surface area contributed by atoms with Gasteiger partial charge in [0.1, 0.15) is 11.6 Å². The lowest BCUT2D eigenvalue weighted by molar-refractivity contribution is -0.114. The maximum atomic E-state index is 12.8. The van der Waals surface area contributed by atoms with Crippen molar-refractivity contribution in [2.75, 3.05) is 4.90 Å². The van der Waals surface area contributed by atoms with Gasteiger partial charge in [-0.3, -0.25) is 14.5 Å². The minimum absolute atomic E-state index is 0.351. The number of pyridine rings is 1. The van der Waals surface area contributed by atoms with Crippen molar-refractivity contribution >= 4 is 28.5 Å². The van der Waals surface area contributed by atoms with Crippen molar-refractivity contribution in [1.82, 2.24) is 15.0 Å². The Hall–Kier alpha value is -3.06. The molecule has 28 heavy (non-hydrogen) atoms. The highest BCUT2D eigenvalue weighted by Crippen LogP contribution is 2.37. The smallest absolute Gasteiger partial charge is 0.301 e. The zero-order chi connectivity index (χ0) is 19.8. The second-order valence-corrected chi connectivity index (χ2v) is 7.54. The number of carbonyl (C=O) groups excluding carboxylic acids is 2. The van der Waals surface area contributed by atoms with Gasteiger partial charge in [-0.1, -0.05) is 19.9 Å². The van der Waals surface area contributed by atoms with Crippen LogP contribution in [-0.2, 0) is 11.3 Å². The fraction of sp³-hybridized carbons (Fsp3) is 0.333. The van der Waals surface area contributed by atoms with E-state index >= 15 is 0 Å². The number of amides is 1. The average molecular weight is 377 g/mol. The molecule has 3 heterocycles. The molecule has 1 aliphatic rings. The van der Waals surface area contributed by atoms with Gasteiger partial charge in [0.25, 0.3) is 5.78 Å². The average Bonchev–Trinajstić information content (AvgIpc) is 3.22. The molecule has 7 heteroatoms. The number of hydrogen-bond acceptors (Lipinski definition) is 5. The molecule has 1 aliphatic heterocycles. The number of carbonyl (C=O) groups is 2. The first-order valence-corrected chi connectivity index (χ1v) is 9.51. The van der Waals surface area contributed by atoms with E-state index in [-0.39, 0.29) is 6.04 Å². The van der Waals surface area contributed by atoms with Gasteiger partial charge in [0.05, 0.1) is 22.6 Å². The van der Waals surface area contributed by atoms with Crippen LogP contribution in [0.2, 0.25) is 0 Å². The molecule has 1 amide bonds. The molecule has 144 valence electrons. The molecule has 2 aromatic heterocycles. The number of anilines is 1. The first kappa shape index (κ1) is 18.3. The van der Waals surface area contributed by atoms with Gasteiger partial charge in [-0.15, -0.1) is 0 Å². The van der Waals surface area contributed by atoms with E-state index in [9.17, 15) is 9.59 Å². The fourth-order valence-electron chi connectivity index (χ4n) is 3.62. The molecule has 1 atom stereocenters. The molecule has 3 N–H and O–H groups in total. The van der Waals surface area contributed by atoms with E-state index in [1.807, 2.05) is 18.2 Å². The van der Waals surface area contributed by atoms with E-state index in [0.29, 0.717) is 36.1 Å².